The fraction of sp³-hybridized carbons (Fsp3) is 0.476. The molecule has 182 valence electrons. The Morgan fingerprint density at radius 2 is 1.97 bits per heavy atom. The molecule has 4 N–H and O–H groups in total. The van der Waals surface area contributed by atoms with E-state index in [1.54, 1.807) is 32.6 Å². The van der Waals surface area contributed by atoms with Crippen molar-refractivity contribution < 1.29 is 24.8 Å². The number of aliphatic hydroxyl groups is 3. The van der Waals surface area contributed by atoms with Crippen molar-refractivity contribution in [1.29, 1.82) is 0 Å². The summed E-state index contributed by atoms with van der Waals surface area (Å²) >= 11 is 1.47. The van der Waals surface area contributed by atoms with Gasteiger partial charge in [-0.1, -0.05) is 23.9 Å². The van der Waals surface area contributed by atoms with Gasteiger partial charge >= 0.3 is 0 Å². The van der Waals surface area contributed by atoms with E-state index >= 15 is 0 Å². The second-order valence-corrected chi connectivity index (χ2v) is 8.81. The van der Waals surface area contributed by atoms with Crippen LogP contribution in [0.3, 0.4) is 0 Å². The number of nitrogens with one attached hydrogen (secondary N) is 1. The van der Waals surface area contributed by atoms with Gasteiger partial charge in [0.25, 0.3) is 0 Å². The summed E-state index contributed by atoms with van der Waals surface area (Å²) in [4.78, 5) is 9.09. The van der Waals surface area contributed by atoms with E-state index in [2.05, 4.69) is 37.7 Å². The maximum atomic E-state index is 10.4. The molecule has 1 aliphatic rings. The summed E-state index contributed by atoms with van der Waals surface area (Å²) in [6.45, 7) is 2.06. The number of aliphatic hydroxyl groups excluding tert-OH is 3. The SMILES string of the molecule is CCCSc1nc(N/N=C/c2ccc(OC)c(OC)c2)c2nnn([C@@H]3C[C@H](O)[C@@H](O)[C@H]3O)c2n1. The average Bonchev–Trinajstić information content (AvgIpc) is 3.38. The maximum Gasteiger partial charge on any atom is 0.191 e. The molecule has 3 aromatic rings. The molecular formula is C21H27N7O5S. The highest BCUT2D eigenvalue weighted by molar-refractivity contribution is 7.99. The van der Waals surface area contributed by atoms with Crippen molar-refractivity contribution in [1.82, 2.24) is 25.0 Å². The van der Waals surface area contributed by atoms with Crippen LogP contribution in [0, 0.1) is 0 Å². The van der Waals surface area contributed by atoms with Gasteiger partial charge in [-0.3, -0.25) is 5.43 Å². The molecule has 2 aromatic heterocycles. The van der Waals surface area contributed by atoms with Crippen LogP contribution in [0.15, 0.2) is 28.5 Å². The van der Waals surface area contributed by atoms with E-state index in [1.165, 1.54) is 16.4 Å². The van der Waals surface area contributed by atoms with Crippen LogP contribution in [0.25, 0.3) is 11.2 Å². The summed E-state index contributed by atoms with van der Waals surface area (Å²) in [6.07, 6.45) is -0.845. The Kier molecular flexibility index (Phi) is 7.46. The second-order valence-electron chi connectivity index (χ2n) is 7.75. The molecule has 0 spiro atoms. The third-order valence-electron chi connectivity index (χ3n) is 5.47. The van der Waals surface area contributed by atoms with E-state index < -0.39 is 24.4 Å². The van der Waals surface area contributed by atoms with Crippen LogP contribution in [0.1, 0.15) is 31.4 Å². The molecule has 0 unspecified atom stereocenters. The molecule has 0 saturated heterocycles. The van der Waals surface area contributed by atoms with Crippen LogP contribution < -0.4 is 14.9 Å². The van der Waals surface area contributed by atoms with E-state index in [1.807, 2.05) is 6.07 Å². The highest BCUT2D eigenvalue weighted by Crippen LogP contribution is 2.33. The van der Waals surface area contributed by atoms with Gasteiger partial charge in [0.05, 0.1) is 32.6 Å². The van der Waals surface area contributed by atoms with Crippen molar-refractivity contribution in [2.75, 3.05) is 25.4 Å². The quantitative estimate of drug-likeness (QED) is 0.148. The molecule has 1 saturated carbocycles. The van der Waals surface area contributed by atoms with Gasteiger partial charge in [-0.2, -0.15) is 5.10 Å². The summed E-state index contributed by atoms with van der Waals surface area (Å²) in [5, 5.41) is 43.4. The molecule has 0 aliphatic heterocycles. The number of methoxy groups -OCH3 is 2. The van der Waals surface area contributed by atoms with Crippen molar-refractivity contribution in [3.63, 3.8) is 0 Å². The summed E-state index contributed by atoms with van der Waals surface area (Å²) in [7, 11) is 3.13. The van der Waals surface area contributed by atoms with Crippen molar-refractivity contribution in [3.8, 4) is 11.5 Å². The fourth-order valence-electron chi connectivity index (χ4n) is 3.70. The van der Waals surface area contributed by atoms with Crippen molar-refractivity contribution in [2.45, 2.75) is 49.3 Å². The Morgan fingerprint density at radius 1 is 1.18 bits per heavy atom. The molecule has 0 bridgehead atoms. The standard InChI is InChI=1S/C21H27N7O5S/c1-4-7-34-21-23-19(26-22-10-11-5-6-14(32-2)15(8-11)33-3)16-20(24-21)28(27-25-16)12-9-13(29)18(31)17(12)30/h5-6,8,10,12-13,17-18,29-31H,4,7,9H2,1-3H3,(H,23,24,26)/b22-10+/t12-,13+,17+,18-/m1/s1. The maximum absolute atomic E-state index is 10.4. The van der Waals surface area contributed by atoms with Gasteiger partial charge in [-0.25, -0.2) is 14.6 Å². The lowest BCUT2D eigenvalue weighted by atomic mass is 10.2. The minimum absolute atomic E-state index is 0.127. The number of rotatable bonds is 9. The number of aromatic nitrogens is 5. The number of nitrogens with zero attached hydrogens (tertiary/aromatic N) is 6. The summed E-state index contributed by atoms with van der Waals surface area (Å²) in [5.74, 6) is 2.35. The Hall–Kier alpha value is -3.00. The third kappa shape index (κ3) is 4.78. The number of ether oxygens (including phenoxy) is 2. The van der Waals surface area contributed by atoms with Crippen molar-refractivity contribution in [2.24, 2.45) is 5.10 Å². The van der Waals surface area contributed by atoms with Crippen LogP contribution in [0.5, 0.6) is 11.5 Å². The topological polar surface area (TPSA) is 160 Å². The minimum atomic E-state index is -1.26. The second kappa shape index (κ2) is 10.5. The molecule has 4 rings (SSSR count). The summed E-state index contributed by atoms with van der Waals surface area (Å²) in [6, 6.07) is 4.73. The van der Waals surface area contributed by atoms with Crippen LogP contribution in [0.4, 0.5) is 5.82 Å². The predicted molar refractivity (Wildman–Crippen MR) is 127 cm³/mol. The van der Waals surface area contributed by atoms with Crippen LogP contribution in [-0.4, -0.2) is 84.8 Å². The molecule has 2 heterocycles. The van der Waals surface area contributed by atoms with Crippen LogP contribution in [0.2, 0.25) is 0 Å². The van der Waals surface area contributed by atoms with E-state index in [9.17, 15) is 15.3 Å². The number of anilines is 1. The lowest BCUT2D eigenvalue weighted by Crippen LogP contribution is -2.31. The van der Waals surface area contributed by atoms with E-state index in [0.717, 1.165) is 17.7 Å². The number of hydrazone groups is 1. The predicted octanol–water partition coefficient (Wildman–Crippen LogP) is 1.21. The lowest BCUT2D eigenvalue weighted by Gasteiger charge is -2.16. The highest BCUT2D eigenvalue weighted by Gasteiger charge is 2.43. The zero-order valence-corrected chi connectivity index (χ0v) is 19.8. The van der Waals surface area contributed by atoms with Gasteiger partial charge < -0.3 is 24.8 Å². The van der Waals surface area contributed by atoms with Gasteiger partial charge in [-0.05, 0) is 30.2 Å². The monoisotopic (exact) mass is 489 g/mol. The Labute approximate surface area is 200 Å². The minimum Gasteiger partial charge on any atom is -0.493 e. The van der Waals surface area contributed by atoms with Crippen LogP contribution >= 0.6 is 11.8 Å². The third-order valence-corrected chi connectivity index (χ3v) is 6.52. The van der Waals surface area contributed by atoms with Gasteiger partial charge in [0.2, 0.25) is 0 Å². The normalized spacial score (nSPS) is 22.5. The first-order chi connectivity index (χ1) is 16.5. The molecule has 1 aromatic carbocycles. The molecule has 1 fully saturated rings. The Bertz CT molecular complexity index is 1170. The molecule has 12 nitrogen and oxygen atoms in total. The first kappa shape index (κ1) is 24.1. The van der Waals surface area contributed by atoms with E-state index in [-0.39, 0.29) is 6.42 Å². The first-order valence-electron chi connectivity index (χ1n) is 10.8. The number of hydrogen-bond donors (Lipinski definition) is 4. The van der Waals surface area contributed by atoms with Gasteiger partial charge in [0.15, 0.2) is 33.6 Å². The first-order valence-corrected chi connectivity index (χ1v) is 11.8. The van der Waals surface area contributed by atoms with Crippen molar-refractivity contribution >= 4 is 35.0 Å². The Morgan fingerprint density at radius 3 is 2.65 bits per heavy atom. The summed E-state index contributed by atoms with van der Waals surface area (Å²) in [5.41, 5.74) is 4.41. The molecule has 0 radical (unpaired) electrons. The van der Waals surface area contributed by atoms with Gasteiger partial charge in [0.1, 0.15) is 12.2 Å². The zero-order chi connectivity index (χ0) is 24.2. The van der Waals surface area contributed by atoms with E-state index in [4.69, 9.17) is 9.47 Å². The molecule has 1 aliphatic carbocycles. The van der Waals surface area contributed by atoms with Gasteiger partial charge in [-0.15, -0.1) is 5.10 Å². The van der Waals surface area contributed by atoms with Crippen LogP contribution in [-0.2, 0) is 0 Å². The zero-order valence-electron chi connectivity index (χ0n) is 19.0. The summed E-state index contributed by atoms with van der Waals surface area (Å²) < 4.78 is 12.0. The van der Waals surface area contributed by atoms with Gasteiger partial charge in [0, 0.05) is 12.2 Å². The molecule has 34 heavy (non-hydrogen) atoms. The highest BCUT2D eigenvalue weighted by atomic mass is 32.2. The number of thioether (sulfide) groups is 1. The van der Waals surface area contributed by atoms with E-state index in [0.29, 0.717) is 33.6 Å². The molecule has 0 amide bonds. The largest absolute Gasteiger partial charge is 0.493 e. The van der Waals surface area contributed by atoms with Crippen molar-refractivity contribution in [3.05, 3.63) is 23.8 Å². The molecule has 4 atom stereocenters. The Balaban J connectivity index is 1.65. The molecular weight excluding hydrogens is 462 g/mol. The number of fused-ring (bicyclic) bond motifs is 1. The number of benzene rings is 1. The number of hydrogen-bond acceptors (Lipinski definition) is 12. The smallest absolute Gasteiger partial charge is 0.191 e. The molecule has 13 heteroatoms. The average molecular weight is 490 g/mol. The fourth-order valence-corrected chi connectivity index (χ4v) is 4.39. The lowest BCUT2D eigenvalue weighted by molar-refractivity contribution is -0.0253.